The highest BCUT2D eigenvalue weighted by molar-refractivity contribution is 7.47. The molecule has 136 valence electrons. The summed E-state index contributed by atoms with van der Waals surface area (Å²) in [6.45, 7) is 2.44. The molecule has 1 fully saturated rings. The van der Waals surface area contributed by atoms with E-state index in [1.807, 2.05) is 0 Å². The first-order valence-electron chi connectivity index (χ1n) is 7.04. The van der Waals surface area contributed by atoms with Gasteiger partial charge in [0.05, 0.1) is 18.8 Å². The Balaban J connectivity index is 2.07. The Labute approximate surface area is 136 Å². The van der Waals surface area contributed by atoms with E-state index < -0.39 is 50.9 Å². The maximum Gasteiger partial charge on any atom is 0.472 e. The molecule has 0 aliphatic carbocycles. The standard InChI is InChI=1S/C12H18F2N3O6P/c1-7(2)23-24(19,20)21-6-8-5-12(13,14)10(22-8)17-4-3-9(15)16-11(17)18/h3-4,7-8,10H,5-6H2,1-2H3,(H,19,20)(H2,15,16,18)/t8-,10+/m0/s1. The number of phosphoric acid groups is 1. The molecule has 1 aromatic heterocycles. The lowest BCUT2D eigenvalue weighted by atomic mass is 10.2. The van der Waals surface area contributed by atoms with Gasteiger partial charge >= 0.3 is 13.5 Å². The van der Waals surface area contributed by atoms with Gasteiger partial charge in [-0.25, -0.2) is 18.1 Å². The minimum Gasteiger partial charge on any atom is -0.383 e. The van der Waals surface area contributed by atoms with Crippen molar-refractivity contribution in [2.75, 3.05) is 12.3 Å². The van der Waals surface area contributed by atoms with Crippen LogP contribution in [0.3, 0.4) is 0 Å². The SMILES string of the molecule is CC(C)OP(=O)(O)OC[C@@H]1CC(F)(F)[C@H](n2ccc(N)nc2=O)O1. The van der Waals surface area contributed by atoms with Crippen molar-refractivity contribution < 1.29 is 32.0 Å². The smallest absolute Gasteiger partial charge is 0.383 e. The van der Waals surface area contributed by atoms with Crippen molar-refractivity contribution in [1.29, 1.82) is 0 Å². The monoisotopic (exact) mass is 369 g/mol. The van der Waals surface area contributed by atoms with Gasteiger partial charge in [0.25, 0.3) is 5.92 Å². The molecule has 0 saturated carbocycles. The molecule has 1 saturated heterocycles. The van der Waals surface area contributed by atoms with Gasteiger partial charge in [-0.2, -0.15) is 4.98 Å². The molecule has 0 spiro atoms. The van der Waals surface area contributed by atoms with E-state index in [2.05, 4.69) is 14.0 Å². The molecule has 9 nitrogen and oxygen atoms in total. The van der Waals surface area contributed by atoms with E-state index in [9.17, 15) is 23.0 Å². The van der Waals surface area contributed by atoms with Gasteiger partial charge in [-0.1, -0.05) is 0 Å². The molecule has 0 radical (unpaired) electrons. The summed E-state index contributed by atoms with van der Waals surface area (Å²) in [5, 5.41) is 0. The third-order valence-electron chi connectivity index (χ3n) is 3.05. The first-order chi connectivity index (χ1) is 11.0. The summed E-state index contributed by atoms with van der Waals surface area (Å²) in [7, 11) is -4.37. The van der Waals surface area contributed by atoms with Gasteiger partial charge in [-0.15, -0.1) is 0 Å². The van der Waals surface area contributed by atoms with E-state index >= 15 is 0 Å². The molecule has 0 aromatic carbocycles. The Morgan fingerprint density at radius 3 is 2.88 bits per heavy atom. The van der Waals surface area contributed by atoms with Gasteiger partial charge in [-0.05, 0) is 19.9 Å². The van der Waals surface area contributed by atoms with Crippen LogP contribution in [0.1, 0.15) is 26.5 Å². The minimum atomic E-state index is -4.37. The molecule has 0 bridgehead atoms. The molecule has 24 heavy (non-hydrogen) atoms. The number of nitrogens with zero attached hydrogens (tertiary/aromatic N) is 2. The van der Waals surface area contributed by atoms with Crippen molar-refractivity contribution >= 4 is 13.6 Å². The molecule has 1 aliphatic heterocycles. The van der Waals surface area contributed by atoms with Crippen LogP contribution in [-0.2, 0) is 18.3 Å². The third-order valence-corrected chi connectivity index (χ3v) is 4.22. The van der Waals surface area contributed by atoms with Crippen LogP contribution in [0.15, 0.2) is 17.1 Å². The molecular weight excluding hydrogens is 351 g/mol. The lowest BCUT2D eigenvalue weighted by Gasteiger charge is -2.19. The molecule has 3 atom stereocenters. The lowest BCUT2D eigenvalue weighted by Crippen LogP contribution is -2.35. The summed E-state index contributed by atoms with van der Waals surface area (Å²) in [5.41, 5.74) is 4.32. The normalized spacial score (nSPS) is 25.8. The number of ether oxygens (including phenoxy) is 1. The Kier molecular flexibility index (Phi) is 5.41. The van der Waals surface area contributed by atoms with Crippen molar-refractivity contribution in [3.05, 3.63) is 22.7 Å². The van der Waals surface area contributed by atoms with E-state index in [4.69, 9.17) is 10.5 Å². The van der Waals surface area contributed by atoms with Crippen molar-refractivity contribution in [1.82, 2.24) is 9.55 Å². The third kappa shape index (κ3) is 4.58. The predicted molar refractivity (Wildman–Crippen MR) is 78.4 cm³/mol. The zero-order valence-electron chi connectivity index (χ0n) is 13.0. The molecule has 1 aromatic rings. The number of anilines is 1. The molecule has 12 heteroatoms. The highest BCUT2D eigenvalue weighted by Gasteiger charge is 2.52. The van der Waals surface area contributed by atoms with Crippen LogP contribution in [0.25, 0.3) is 0 Å². The minimum absolute atomic E-state index is 0.107. The second kappa shape index (κ2) is 6.85. The summed E-state index contributed by atoms with van der Waals surface area (Å²) < 4.78 is 54.8. The number of phosphoric ester groups is 1. The lowest BCUT2D eigenvalue weighted by molar-refractivity contribution is -0.120. The molecular formula is C12H18F2N3O6P. The Bertz CT molecular complexity index is 698. The topological polar surface area (TPSA) is 126 Å². The van der Waals surface area contributed by atoms with Gasteiger partial charge in [-0.3, -0.25) is 13.6 Å². The Morgan fingerprint density at radius 2 is 2.29 bits per heavy atom. The number of hydrogen-bond acceptors (Lipinski definition) is 7. The molecule has 2 rings (SSSR count). The Hall–Kier alpha value is -1.39. The van der Waals surface area contributed by atoms with Crippen LogP contribution in [0.4, 0.5) is 14.6 Å². The highest BCUT2D eigenvalue weighted by atomic mass is 31.2. The number of alkyl halides is 2. The summed E-state index contributed by atoms with van der Waals surface area (Å²) in [6.07, 6.45) is -3.44. The van der Waals surface area contributed by atoms with Gasteiger partial charge in [0.15, 0.2) is 0 Å². The maximum atomic E-state index is 14.1. The van der Waals surface area contributed by atoms with E-state index in [0.29, 0.717) is 4.57 Å². The maximum absolute atomic E-state index is 14.1. The van der Waals surface area contributed by atoms with Gasteiger partial charge < -0.3 is 15.4 Å². The van der Waals surface area contributed by atoms with Crippen LogP contribution in [0.2, 0.25) is 0 Å². The van der Waals surface area contributed by atoms with Crippen LogP contribution < -0.4 is 11.4 Å². The second-order valence-electron chi connectivity index (χ2n) is 5.54. The zero-order chi connectivity index (χ0) is 18.1. The van der Waals surface area contributed by atoms with E-state index in [1.54, 1.807) is 0 Å². The molecule has 3 N–H and O–H groups in total. The van der Waals surface area contributed by atoms with Gasteiger partial charge in [0.2, 0.25) is 6.23 Å². The zero-order valence-corrected chi connectivity index (χ0v) is 13.9. The average Bonchev–Trinajstić information content (AvgIpc) is 2.70. The highest BCUT2D eigenvalue weighted by Crippen LogP contribution is 2.47. The number of hydrogen-bond donors (Lipinski definition) is 2. The first kappa shape index (κ1) is 18.9. The van der Waals surface area contributed by atoms with Crippen LogP contribution in [-0.4, -0.2) is 39.2 Å². The summed E-state index contributed by atoms with van der Waals surface area (Å²) >= 11 is 0. The number of nitrogens with two attached hydrogens (primary N) is 1. The fourth-order valence-corrected chi connectivity index (χ4v) is 3.13. The number of halogens is 2. The van der Waals surface area contributed by atoms with Crippen molar-refractivity contribution in [2.24, 2.45) is 0 Å². The van der Waals surface area contributed by atoms with E-state index in [0.717, 1.165) is 6.20 Å². The predicted octanol–water partition coefficient (Wildman–Crippen LogP) is 1.29. The molecule has 0 amide bonds. The molecule has 2 heterocycles. The van der Waals surface area contributed by atoms with Crippen molar-refractivity contribution in [2.45, 2.75) is 44.6 Å². The molecule has 1 unspecified atom stereocenters. The number of aromatic nitrogens is 2. The fourth-order valence-electron chi connectivity index (χ4n) is 2.18. The van der Waals surface area contributed by atoms with Crippen LogP contribution in [0.5, 0.6) is 0 Å². The Morgan fingerprint density at radius 1 is 1.62 bits per heavy atom. The van der Waals surface area contributed by atoms with Crippen molar-refractivity contribution in [3.8, 4) is 0 Å². The number of nitrogen functional groups attached to an aromatic ring is 1. The molecule has 1 aliphatic rings. The van der Waals surface area contributed by atoms with Crippen LogP contribution >= 0.6 is 7.82 Å². The van der Waals surface area contributed by atoms with E-state index in [1.165, 1.54) is 19.9 Å². The largest absolute Gasteiger partial charge is 0.472 e. The summed E-state index contributed by atoms with van der Waals surface area (Å²) in [6, 6.07) is 1.18. The summed E-state index contributed by atoms with van der Waals surface area (Å²) in [4.78, 5) is 24.5. The quantitative estimate of drug-likeness (QED) is 0.719. The summed E-state index contributed by atoms with van der Waals surface area (Å²) in [5.74, 6) is -3.50. The van der Waals surface area contributed by atoms with Crippen molar-refractivity contribution in [3.63, 3.8) is 0 Å². The van der Waals surface area contributed by atoms with Gasteiger partial charge in [0, 0.05) is 12.6 Å². The number of rotatable bonds is 6. The fraction of sp³-hybridized carbons (Fsp3) is 0.667. The van der Waals surface area contributed by atoms with Crippen LogP contribution in [0, 0.1) is 0 Å². The first-order valence-corrected chi connectivity index (χ1v) is 8.53. The average molecular weight is 369 g/mol. The van der Waals surface area contributed by atoms with Gasteiger partial charge in [0.1, 0.15) is 5.82 Å². The van der Waals surface area contributed by atoms with E-state index in [-0.39, 0.29) is 5.82 Å². The second-order valence-corrected chi connectivity index (χ2v) is 6.94.